The first-order chi connectivity index (χ1) is 15.0. The van der Waals surface area contributed by atoms with Crippen molar-refractivity contribution in [3.8, 4) is 0 Å². The van der Waals surface area contributed by atoms with Crippen molar-refractivity contribution < 1.29 is 4.79 Å². The van der Waals surface area contributed by atoms with Crippen molar-refractivity contribution in [2.75, 3.05) is 13.1 Å². The van der Waals surface area contributed by atoms with E-state index in [-0.39, 0.29) is 11.4 Å². The molecular weight excluding hydrogens is 396 g/mol. The van der Waals surface area contributed by atoms with Crippen LogP contribution in [0, 0.1) is 0 Å². The molecule has 5 rings (SSSR count). The van der Waals surface area contributed by atoms with Gasteiger partial charge in [0, 0.05) is 50.1 Å². The van der Waals surface area contributed by atoms with E-state index in [0.29, 0.717) is 30.2 Å². The highest BCUT2D eigenvalue weighted by atomic mass is 16.2. The Morgan fingerprint density at radius 3 is 2.68 bits per heavy atom. The monoisotopic (exact) mass is 420 g/mol. The lowest BCUT2D eigenvalue weighted by Gasteiger charge is -2.31. The third-order valence-electron chi connectivity index (χ3n) is 6.22. The molecule has 0 spiro atoms. The fourth-order valence-corrected chi connectivity index (χ4v) is 4.41. The van der Waals surface area contributed by atoms with Crippen LogP contribution in [0.1, 0.15) is 36.7 Å². The summed E-state index contributed by atoms with van der Waals surface area (Å²) in [7, 11) is 1.55. The highest BCUT2D eigenvalue weighted by Crippen LogP contribution is 2.30. The Morgan fingerprint density at radius 2 is 1.90 bits per heavy atom. The lowest BCUT2D eigenvalue weighted by Crippen LogP contribution is -2.38. The van der Waals surface area contributed by atoms with Crippen LogP contribution in [0.15, 0.2) is 39.9 Å². The Labute approximate surface area is 177 Å². The molecule has 4 heterocycles. The van der Waals surface area contributed by atoms with Gasteiger partial charge in [-0.1, -0.05) is 18.2 Å². The van der Waals surface area contributed by atoms with E-state index in [2.05, 4.69) is 38.1 Å². The van der Waals surface area contributed by atoms with Gasteiger partial charge in [-0.25, -0.2) is 9.78 Å². The summed E-state index contributed by atoms with van der Waals surface area (Å²) in [5.74, 6) is 1.04. The predicted octanol–water partition coefficient (Wildman–Crippen LogP) is 1.77. The second-order valence-electron chi connectivity index (χ2n) is 8.17. The van der Waals surface area contributed by atoms with E-state index >= 15 is 0 Å². The molecule has 1 amide bonds. The molecule has 160 valence electrons. The van der Waals surface area contributed by atoms with Crippen LogP contribution in [-0.4, -0.2) is 48.4 Å². The van der Waals surface area contributed by atoms with Gasteiger partial charge in [0.2, 0.25) is 5.91 Å². The summed E-state index contributed by atoms with van der Waals surface area (Å²) in [5.41, 5.74) is 1.94. The van der Waals surface area contributed by atoms with Gasteiger partial charge in [-0.05, 0) is 30.4 Å². The number of carbonyl (C=O) groups is 1. The molecule has 0 bridgehead atoms. The number of imidazole rings is 1. The van der Waals surface area contributed by atoms with E-state index in [1.807, 2.05) is 17.0 Å². The molecule has 3 aromatic heterocycles. The summed E-state index contributed by atoms with van der Waals surface area (Å²) in [4.78, 5) is 51.3. The summed E-state index contributed by atoms with van der Waals surface area (Å²) in [6.45, 7) is 1.46. The van der Waals surface area contributed by atoms with Crippen molar-refractivity contribution in [1.29, 1.82) is 0 Å². The Bertz CT molecular complexity index is 1350. The van der Waals surface area contributed by atoms with E-state index in [1.165, 1.54) is 15.6 Å². The van der Waals surface area contributed by atoms with Crippen molar-refractivity contribution >= 4 is 28.0 Å². The first-order valence-corrected chi connectivity index (χ1v) is 10.5. The number of carbonyl (C=O) groups excluding carboxylic acids is 1. The van der Waals surface area contributed by atoms with Gasteiger partial charge in [0.1, 0.15) is 11.3 Å². The molecule has 4 aromatic rings. The molecule has 0 radical (unpaired) electrons. The summed E-state index contributed by atoms with van der Waals surface area (Å²) in [5, 5.41) is 1.22. The van der Waals surface area contributed by atoms with Gasteiger partial charge >= 0.3 is 5.69 Å². The topological polar surface area (TPSA) is 120 Å². The number of aryl methyl sites for hydroxylation is 2. The zero-order chi connectivity index (χ0) is 21.5. The molecule has 3 N–H and O–H groups in total. The summed E-state index contributed by atoms with van der Waals surface area (Å²) in [6.07, 6.45) is 2.56. The quantitative estimate of drug-likeness (QED) is 0.466. The molecule has 0 aliphatic carbocycles. The van der Waals surface area contributed by atoms with Crippen LogP contribution in [0.4, 0.5) is 0 Å². The number of H-pyrrole nitrogens is 3. The number of aromatic amines is 3. The molecule has 0 saturated carbocycles. The number of para-hydroxylation sites is 1. The molecule has 9 nitrogen and oxygen atoms in total. The van der Waals surface area contributed by atoms with Crippen molar-refractivity contribution in [3.05, 3.63) is 62.7 Å². The maximum absolute atomic E-state index is 12.7. The van der Waals surface area contributed by atoms with Crippen LogP contribution < -0.4 is 11.2 Å². The number of fused-ring (bicyclic) bond motifs is 2. The molecule has 1 aliphatic heterocycles. The Kier molecular flexibility index (Phi) is 4.72. The molecule has 9 heteroatoms. The lowest BCUT2D eigenvalue weighted by molar-refractivity contribution is -0.132. The highest BCUT2D eigenvalue weighted by molar-refractivity contribution is 5.80. The van der Waals surface area contributed by atoms with Gasteiger partial charge in [0.05, 0.1) is 0 Å². The molecule has 1 saturated heterocycles. The third-order valence-corrected chi connectivity index (χ3v) is 6.22. The lowest BCUT2D eigenvalue weighted by atomic mass is 9.93. The zero-order valence-corrected chi connectivity index (χ0v) is 17.3. The number of hydrogen-bond donors (Lipinski definition) is 3. The van der Waals surface area contributed by atoms with Gasteiger partial charge in [-0.3, -0.25) is 19.1 Å². The maximum atomic E-state index is 12.7. The van der Waals surface area contributed by atoms with E-state index in [4.69, 9.17) is 0 Å². The summed E-state index contributed by atoms with van der Waals surface area (Å²) >= 11 is 0. The molecule has 31 heavy (non-hydrogen) atoms. The number of nitrogens with zero attached hydrogens (tertiary/aromatic N) is 3. The minimum absolute atomic E-state index is 0.0818. The number of rotatable bonds is 4. The van der Waals surface area contributed by atoms with Crippen molar-refractivity contribution in [1.82, 2.24) is 29.4 Å². The largest absolute Gasteiger partial charge is 0.358 e. The molecule has 0 atom stereocenters. The number of hydrogen-bond acceptors (Lipinski definition) is 4. The average molecular weight is 420 g/mol. The fourth-order valence-electron chi connectivity index (χ4n) is 4.41. The number of amides is 1. The van der Waals surface area contributed by atoms with Crippen LogP contribution in [0.3, 0.4) is 0 Å². The van der Waals surface area contributed by atoms with Crippen LogP contribution >= 0.6 is 0 Å². The Balaban J connectivity index is 1.21. The minimum Gasteiger partial charge on any atom is -0.358 e. The van der Waals surface area contributed by atoms with Gasteiger partial charge in [-0.15, -0.1) is 0 Å². The van der Waals surface area contributed by atoms with Crippen LogP contribution in [-0.2, 0) is 18.3 Å². The normalized spacial score (nSPS) is 15.2. The number of nitrogens with one attached hydrogen (secondary N) is 3. The molecule has 1 aliphatic rings. The Morgan fingerprint density at radius 1 is 1.13 bits per heavy atom. The fraction of sp³-hybridized carbons (Fsp3) is 0.364. The van der Waals surface area contributed by atoms with Crippen LogP contribution in [0.25, 0.3) is 22.1 Å². The molecular formula is C22H24N6O3. The van der Waals surface area contributed by atoms with Crippen molar-refractivity contribution in [3.63, 3.8) is 0 Å². The number of aromatic nitrogens is 5. The molecule has 1 fully saturated rings. The van der Waals surface area contributed by atoms with E-state index < -0.39 is 11.2 Å². The van der Waals surface area contributed by atoms with E-state index in [1.54, 1.807) is 7.05 Å². The number of piperidine rings is 1. The summed E-state index contributed by atoms with van der Waals surface area (Å²) in [6, 6.07) is 10.5. The van der Waals surface area contributed by atoms with Gasteiger partial charge in [0.25, 0.3) is 5.56 Å². The van der Waals surface area contributed by atoms with Crippen molar-refractivity contribution in [2.45, 2.75) is 31.6 Å². The van der Waals surface area contributed by atoms with Crippen molar-refractivity contribution in [2.24, 2.45) is 7.05 Å². The second-order valence-corrected chi connectivity index (χ2v) is 8.17. The van der Waals surface area contributed by atoms with Crippen LogP contribution in [0.2, 0.25) is 0 Å². The third kappa shape index (κ3) is 3.56. The first kappa shape index (κ1) is 19.3. The number of benzene rings is 1. The first-order valence-electron chi connectivity index (χ1n) is 10.5. The zero-order valence-electron chi connectivity index (χ0n) is 17.3. The number of likely N-dealkylation sites (tertiary alicyclic amines) is 1. The highest BCUT2D eigenvalue weighted by Gasteiger charge is 2.25. The smallest absolute Gasteiger partial charge is 0.329 e. The molecule has 1 aromatic carbocycles. The standard InChI is InChI=1S/C22H24N6O3/c1-27-20-19(21(30)26-22(27)31)24-17(25-20)6-7-18(29)28-10-8-13(9-11-28)16-12-14-4-2-3-5-15(14)23-16/h2-5,12-13,23H,6-11H2,1H3,(H,24,25)(H,26,30,31). The Hall–Kier alpha value is -3.62. The van der Waals surface area contributed by atoms with Crippen LogP contribution in [0.5, 0.6) is 0 Å². The van der Waals surface area contributed by atoms with E-state index in [9.17, 15) is 14.4 Å². The van der Waals surface area contributed by atoms with Gasteiger partial charge < -0.3 is 14.9 Å². The summed E-state index contributed by atoms with van der Waals surface area (Å²) < 4.78 is 1.29. The second kappa shape index (κ2) is 7.57. The van der Waals surface area contributed by atoms with Gasteiger partial charge in [0.15, 0.2) is 5.65 Å². The predicted molar refractivity (Wildman–Crippen MR) is 117 cm³/mol. The van der Waals surface area contributed by atoms with E-state index in [0.717, 1.165) is 31.4 Å². The average Bonchev–Trinajstić information content (AvgIpc) is 3.41. The minimum atomic E-state index is -0.510. The molecule has 0 unspecified atom stereocenters. The SMILES string of the molecule is Cn1c(=O)[nH]c(=O)c2[nH]c(CCC(=O)N3CCC(c4cc5ccccc5[nH]4)CC3)nc21. The maximum Gasteiger partial charge on any atom is 0.329 e. The van der Waals surface area contributed by atoms with Gasteiger partial charge in [-0.2, -0.15) is 0 Å².